The van der Waals surface area contributed by atoms with Gasteiger partial charge < -0.3 is 4.74 Å². The lowest BCUT2D eigenvalue weighted by Gasteiger charge is -2.15. The van der Waals surface area contributed by atoms with Crippen molar-refractivity contribution in [2.75, 3.05) is 6.61 Å². The van der Waals surface area contributed by atoms with Crippen molar-refractivity contribution in [2.24, 2.45) is 5.41 Å². The molecule has 0 saturated heterocycles. The topological polar surface area (TPSA) is 26.3 Å². The van der Waals surface area contributed by atoms with Crippen LogP contribution >= 0.6 is 0 Å². The van der Waals surface area contributed by atoms with E-state index >= 15 is 0 Å². The molecule has 2 unspecified atom stereocenters. The molecule has 0 bridgehead atoms. The van der Waals surface area contributed by atoms with Crippen molar-refractivity contribution in [3.8, 4) is 0 Å². The number of fused-ring (bicyclic) bond motifs is 3. The molecular weight excluding hydrogens is 224 g/mol. The van der Waals surface area contributed by atoms with Crippen molar-refractivity contribution in [1.29, 1.82) is 0 Å². The second kappa shape index (κ2) is 3.98. The Labute approximate surface area is 108 Å². The molecule has 1 aromatic carbocycles. The van der Waals surface area contributed by atoms with Gasteiger partial charge in [0.1, 0.15) is 5.41 Å². The summed E-state index contributed by atoms with van der Waals surface area (Å²) in [5.74, 6) is 0.316. The van der Waals surface area contributed by atoms with Gasteiger partial charge in [0.15, 0.2) is 0 Å². The number of allylic oxidation sites excluding steroid dienone is 1. The number of hydrogen-bond donors (Lipinski definition) is 0. The Hall–Kier alpha value is -1.57. The van der Waals surface area contributed by atoms with Gasteiger partial charge in [0, 0.05) is 5.92 Å². The van der Waals surface area contributed by atoms with E-state index in [0.717, 1.165) is 12.8 Å². The monoisotopic (exact) mass is 242 g/mol. The van der Waals surface area contributed by atoms with Gasteiger partial charge in [-0.3, -0.25) is 4.79 Å². The molecule has 0 spiro atoms. The highest BCUT2D eigenvalue weighted by Gasteiger charge is 2.68. The van der Waals surface area contributed by atoms with E-state index in [-0.39, 0.29) is 11.4 Å². The third kappa shape index (κ3) is 1.32. The summed E-state index contributed by atoms with van der Waals surface area (Å²) in [6.07, 6.45) is 4.08. The number of carbonyl (C=O) groups excluding carboxylic acids is 1. The smallest absolute Gasteiger partial charge is 0.317 e. The van der Waals surface area contributed by atoms with Crippen LogP contribution in [0.4, 0.5) is 0 Å². The van der Waals surface area contributed by atoms with Crippen LogP contribution in [0.25, 0.3) is 5.57 Å². The zero-order chi connectivity index (χ0) is 12.8. The van der Waals surface area contributed by atoms with Crippen molar-refractivity contribution in [1.82, 2.24) is 0 Å². The average molecular weight is 242 g/mol. The van der Waals surface area contributed by atoms with E-state index < -0.39 is 0 Å². The van der Waals surface area contributed by atoms with Crippen molar-refractivity contribution < 1.29 is 9.53 Å². The van der Waals surface area contributed by atoms with E-state index in [9.17, 15) is 4.79 Å². The molecule has 2 heteroatoms. The van der Waals surface area contributed by atoms with Gasteiger partial charge in [-0.25, -0.2) is 0 Å². The first kappa shape index (κ1) is 11.5. The molecule has 1 fully saturated rings. The molecule has 18 heavy (non-hydrogen) atoms. The third-order valence-corrected chi connectivity index (χ3v) is 4.12. The van der Waals surface area contributed by atoms with E-state index in [1.54, 1.807) is 0 Å². The van der Waals surface area contributed by atoms with Gasteiger partial charge in [-0.1, -0.05) is 37.3 Å². The molecule has 2 nitrogen and oxygen atoms in total. The van der Waals surface area contributed by atoms with Crippen molar-refractivity contribution in [2.45, 2.75) is 32.6 Å². The second-order valence-corrected chi connectivity index (χ2v) is 5.06. The van der Waals surface area contributed by atoms with E-state index in [1.807, 2.05) is 13.0 Å². The van der Waals surface area contributed by atoms with Gasteiger partial charge >= 0.3 is 5.97 Å². The molecule has 2 aliphatic rings. The molecule has 1 aromatic rings. The first-order valence-corrected chi connectivity index (χ1v) is 6.72. The molecular formula is C16H18O2. The lowest BCUT2D eigenvalue weighted by atomic mass is 9.92. The van der Waals surface area contributed by atoms with Gasteiger partial charge in [-0.15, -0.1) is 0 Å². The number of rotatable bonds is 3. The molecule has 2 atom stereocenters. The minimum Gasteiger partial charge on any atom is -0.465 e. The highest BCUT2D eigenvalue weighted by atomic mass is 16.5. The lowest BCUT2D eigenvalue weighted by Crippen LogP contribution is -2.19. The minimum absolute atomic E-state index is 0.0362. The normalized spacial score (nSPS) is 29.9. The molecule has 0 N–H and O–H groups in total. The summed E-state index contributed by atoms with van der Waals surface area (Å²) in [5, 5.41) is 0. The fourth-order valence-electron chi connectivity index (χ4n) is 3.31. The molecule has 3 rings (SSSR count). The summed E-state index contributed by atoms with van der Waals surface area (Å²) < 4.78 is 5.30. The van der Waals surface area contributed by atoms with Crippen molar-refractivity contribution in [3.05, 3.63) is 41.5 Å². The Morgan fingerprint density at radius 3 is 2.94 bits per heavy atom. The molecule has 2 aliphatic carbocycles. The Morgan fingerprint density at radius 1 is 1.44 bits per heavy atom. The van der Waals surface area contributed by atoms with Crippen LogP contribution < -0.4 is 0 Å². The van der Waals surface area contributed by atoms with Crippen LogP contribution in [-0.2, 0) is 9.53 Å². The van der Waals surface area contributed by atoms with Gasteiger partial charge in [-0.2, -0.15) is 0 Å². The maximum Gasteiger partial charge on any atom is 0.317 e. The number of ether oxygens (including phenoxy) is 1. The standard InChI is InChI=1S/C16H18O2/c1-3-7-13-11-8-5-6-9-12(11)14-10-16(13,14)15(17)18-4-2/h5-9,14H,3-4,10H2,1-2H3/b13-7+. The molecule has 94 valence electrons. The highest BCUT2D eigenvalue weighted by molar-refractivity contribution is 6.02. The molecule has 0 aromatic heterocycles. The van der Waals surface area contributed by atoms with Crippen LogP contribution in [0.1, 0.15) is 43.7 Å². The van der Waals surface area contributed by atoms with Crippen LogP contribution in [0.2, 0.25) is 0 Å². The summed E-state index contributed by atoms with van der Waals surface area (Å²) in [6, 6.07) is 8.38. The fourth-order valence-corrected chi connectivity index (χ4v) is 3.31. The number of esters is 1. The Morgan fingerprint density at radius 2 is 2.22 bits per heavy atom. The van der Waals surface area contributed by atoms with Crippen LogP contribution in [0.5, 0.6) is 0 Å². The zero-order valence-corrected chi connectivity index (χ0v) is 10.9. The quantitative estimate of drug-likeness (QED) is 0.758. The van der Waals surface area contributed by atoms with Crippen LogP contribution in [0.15, 0.2) is 30.3 Å². The van der Waals surface area contributed by atoms with E-state index in [1.165, 1.54) is 16.7 Å². The Bertz CT molecular complexity index is 530. The van der Waals surface area contributed by atoms with Crippen molar-refractivity contribution in [3.63, 3.8) is 0 Å². The fraction of sp³-hybridized carbons (Fsp3) is 0.438. The van der Waals surface area contributed by atoms with Crippen LogP contribution in [-0.4, -0.2) is 12.6 Å². The first-order valence-electron chi connectivity index (χ1n) is 6.72. The summed E-state index contributed by atoms with van der Waals surface area (Å²) >= 11 is 0. The highest BCUT2D eigenvalue weighted by Crippen LogP contribution is 2.72. The summed E-state index contributed by atoms with van der Waals surface area (Å²) in [4.78, 5) is 12.3. The molecule has 0 amide bonds. The summed E-state index contributed by atoms with van der Waals surface area (Å²) in [6.45, 7) is 4.45. The van der Waals surface area contributed by atoms with E-state index in [0.29, 0.717) is 12.5 Å². The largest absolute Gasteiger partial charge is 0.465 e. The predicted octanol–water partition coefficient (Wildman–Crippen LogP) is 3.53. The van der Waals surface area contributed by atoms with Gasteiger partial charge in [-0.05, 0) is 36.5 Å². The van der Waals surface area contributed by atoms with Gasteiger partial charge in [0.05, 0.1) is 6.61 Å². The number of hydrogen-bond acceptors (Lipinski definition) is 2. The maximum absolute atomic E-state index is 12.3. The SMILES string of the molecule is CC/C=C1\c2ccccc2C2CC12C(=O)OCC. The summed E-state index contributed by atoms with van der Waals surface area (Å²) in [7, 11) is 0. The Kier molecular flexibility index (Phi) is 2.54. The van der Waals surface area contributed by atoms with E-state index in [2.05, 4.69) is 31.2 Å². The second-order valence-electron chi connectivity index (χ2n) is 5.06. The number of benzene rings is 1. The minimum atomic E-state index is -0.351. The lowest BCUT2D eigenvalue weighted by molar-refractivity contribution is -0.147. The van der Waals surface area contributed by atoms with Gasteiger partial charge in [0.2, 0.25) is 0 Å². The van der Waals surface area contributed by atoms with Crippen molar-refractivity contribution >= 4 is 11.5 Å². The van der Waals surface area contributed by atoms with E-state index in [4.69, 9.17) is 4.74 Å². The maximum atomic E-state index is 12.3. The average Bonchev–Trinajstić information content (AvgIpc) is 3.07. The molecule has 0 radical (unpaired) electrons. The molecule has 1 saturated carbocycles. The molecule has 0 heterocycles. The third-order valence-electron chi connectivity index (χ3n) is 4.12. The predicted molar refractivity (Wildman–Crippen MR) is 71.1 cm³/mol. The Balaban J connectivity index is 2.07. The van der Waals surface area contributed by atoms with Gasteiger partial charge in [0.25, 0.3) is 0 Å². The van der Waals surface area contributed by atoms with Crippen LogP contribution in [0.3, 0.4) is 0 Å². The first-order chi connectivity index (χ1) is 8.75. The van der Waals surface area contributed by atoms with Crippen LogP contribution in [0, 0.1) is 5.41 Å². The number of carbonyl (C=O) groups is 1. The zero-order valence-electron chi connectivity index (χ0n) is 10.9. The summed E-state index contributed by atoms with van der Waals surface area (Å²) in [5.41, 5.74) is 3.42. The molecule has 0 aliphatic heterocycles.